The zero-order chi connectivity index (χ0) is 13.8. The van der Waals surface area contributed by atoms with Gasteiger partial charge in [0.05, 0.1) is 13.2 Å². The molecule has 1 atom stereocenters. The van der Waals surface area contributed by atoms with E-state index in [2.05, 4.69) is 10.1 Å². The van der Waals surface area contributed by atoms with Crippen LogP contribution in [0.5, 0.6) is 5.75 Å². The van der Waals surface area contributed by atoms with E-state index in [9.17, 15) is 4.39 Å². The van der Waals surface area contributed by atoms with Crippen molar-refractivity contribution in [3.8, 4) is 17.2 Å². The topological polar surface area (TPSA) is 74.2 Å². The summed E-state index contributed by atoms with van der Waals surface area (Å²) in [4.78, 5) is 4.15. The van der Waals surface area contributed by atoms with Gasteiger partial charge in [-0.05, 0) is 18.6 Å². The van der Waals surface area contributed by atoms with Gasteiger partial charge in [0, 0.05) is 0 Å². The number of hydrogen-bond donors (Lipinski definition) is 1. The van der Waals surface area contributed by atoms with E-state index in [4.69, 9.17) is 15.0 Å². The number of halogens is 1. The van der Waals surface area contributed by atoms with Gasteiger partial charge in [-0.2, -0.15) is 4.98 Å². The molecule has 2 aromatic rings. The molecule has 1 unspecified atom stereocenters. The van der Waals surface area contributed by atoms with Gasteiger partial charge in [0.2, 0.25) is 0 Å². The molecule has 0 bridgehead atoms. The average Bonchev–Trinajstić information content (AvgIpc) is 2.88. The van der Waals surface area contributed by atoms with Gasteiger partial charge in [-0.1, -0.05) is 24.6 Å². The fourth-order valence-electron chi connectivity index (χ4n) is 1.81. The Morgan fingerprint density at radius 2 is 2.26 bits per heavy atom. The Labute approximate surface area is 110 Å². The summed E-state index contributed by atoms with van der Waals surface area (Å²) in [5, 5.41) is 3.79. The molecule has 0 aliphatic rings. The highest BCUT2D eigenvalue weighted by molar-refractivity contribution is 5.63. The molecule has 2 rings (SSSR count). The van der Waals surface area contributed by atoms with E-state index >= 15 is 0 Å². The SMILES string of the molecule is CCCC(N)c1noc(-c2c(F)cccc2OC)n1. The van der Waals surface area contributed by atoms with Crippen molar-refractivity contribution in [3.05, 3.63) is 29.8 Å². The second-order valence-electron chi connectivity index (χ2n) is 4.17. The lowest BCUT2D eigenvalue weighted by Crippen LogP contribution is -2.11. The molecular weight excluding hydrogens is 249 g/mol. The van der Waals surface area contributed by atoms with E-state index in [-0.39, 0.29) is 17.5 Å². The van der Waals surface area contributed by atoms with Crippen molar-refractivity contribution in [2.45, 2.75) is 25.8 Å². The Balaban J connectivity index is 2.38. The number of benzene rings is 1. The molecule has 19 heavy (non-hydrogen) atoms. The lowest BCUT2D eigenvalue weighted by molar-refractivity contribution is 0.395. The summed E-state index contributed by atoms with van der Waals surface area (Å²) in [5.74, 6) is 0.330. The lowest BCUT2D eigenvalue weighted by Gasteiger charge is -2.05. The molecule has 0 spiro atoms. The second kappa shape index (κ2) is 5.79. The number of nitrogens with zero attached hydrogens (tertiary/aromatic N) is 2. The maximum absolute atomic E-state index is 13.8. The third kappa shape index (κ3) is 2.73. The highest BCUT2D eigenvalue weighted by Crippen LogP contribution is 2.31. The third-order valence-corrected chi connectivity index (χ3v) is 2.78. The highest BCUT2D eigenvalue weighted by Gasteiger charge is 2.20. The number of nitrogens with two attached hydrogens (primary N) is 1. The normalized spacial score (nSPS) is 12.4. The molecule has 5 nitrogen and oxygen atoms in total. The Hall–Kier alpha value is -1.95. The van der Waals surface area contributed by atoms with Crippen molar-refractivity contribution in [2.75, 3.05) is 7.11 Å². The molecule has 0 fully saturated rings. The molecule has 0 aliphatic carbocycles. The van der Waals surface area contributed by atoms with Crippen molar-refractivity contribution in [3.63, 3.8) is 0 Å². The van der Waals surface area contributed by atoms with Crippen molar-refractivity contribution in [2.24, 2.45) is 5.73 Å². The van der Waals surface area contributed by atoms with Crippen LogP contribution in [0.1, 0.15) is 31.6 Å². The molecule has 0 radical (unpaired) electrons. The smallest absolute Gasteiger partial charge is 0.264 e. The first-order chi connectivity index (χ1) is 9.17. The molecular formula is C13H16FN3O2. The van der Waals surface area contributed by atoms with Crippen LogP contribution < -0.4 is 10.5 Å². The van der Waals surface area contributed by atoms with Crippen molar-refractivity contribution < 1.29 is 13.7 Å². The van der Waals surface area contributed by atoms with E-state index < -0.39 is 5.82 Å². The van der Waals surface area contributed by atoms with Gasteiger partial charge in [-0.25, -0.2) is 4.39 Å². The monoisotopic (exact) mass is 265 g/mol. The predicted molar refractivity (Wildman–Crippen MR) is 68.1 cm³/mol. The zero-order valence-corrected chi connectivity index (χ0v) is 10.9. The van der Waals surface area contributed by atoms with Crippen LogP contribution in [0.15, 0.2) is 22.7 Å². The zero-order valence-electron chi connectivity index (χ0n) is 10.9. The lowest BCUT2D eigenvalue weighted by atomic mass is 10.1. The van der Waals surface area contributed by atoms with Crippen LogP contribution in [0.4, 0.5) is 4.39 Å². The molecule has 102 valence electrons. The summed E-state index contributed by atoms with van der Waals surface area (Å²) in [6, 6.07) is 4.19. The largest absolute Gasteiger partial charge is 0.496 e. The number of rotatable bonds is 5. The third-order valence-electron chi connectivity index (χ3n) is 2.78. The standard InChI is InChI=1S/C13H16FN3O2/c1-3-5-9(15)12-16-13(19-17-12)11-8(14)6-4-7-10(11)18-2/h4,6-7,9H,3,5,15H2,1-2H3. The molecule has 0 aliphatic heterocycles. The Morgan fingerprint density at radius 3 is 2.95 bits per heavy atom. The number of hydrogen-bond acceptors (Lipinski definition) is 5. The molecule has 0 saturated carbocycles. The molecule has 1 heterocycles. The summed E-state index contributed by atoms with van der Waals surface area (Å²) >= 11 is 0. The molecule has 1 aromatic carbocycles. The molecule has 1 aromatic heterocycles. The Bertz CT molecular complexity index is 557. The van der Waals surface area contributed by atoms with Crippen LogP contribution in [-0.4, -0.2) is 17.3 Å². The van der Waals surface area contributed by atoms with Crippen LogP contribution in [-0.2, 0) is 0 Å². The minimum atomic E-state index is -0.474. The highest BCUT2D eigenvalue weighted by atomic mass is 19.1. The van der Waals surface area contributed by atoms with Crippen LogP contribution in [0.2, 0.25) is 0 Å². The van der Waals surface area contributed by atoms with Gasteiger partial charge in [-0.3, -0.25) is 0 Å². The fraction of sp³-hybridized carbons (Fsp3) is 0.385. The van der Waals surface area contributed by atoms with E-state index in [1.165, 1.54) is 13.2 Å². The summed E-state index contributed by atoms with van der Waals surface area (Å²) in [7, 11) is 1.46. The number of methoxy groups -OCH3 is 1. The van der Waals surface area contributed by atoms with Crippen LogP contribution in [0.3, 0.4) is 0 Å². The van der Waals surface area contributed by atoms with Crippen molar-refractivity contribution in [1.29, 1.82) is 0 Å². The predicted octanol–water partition coefficient (Wildman–Crippen LogP) is 2.68. The van der Waals surface area contributed by atoms with Gasteiger partial charge < -0.3 is 15.0 Å². The van der Waals surface area contributed by atoms with Crippen molar-refractivity contribution >= 4 is 0 Å². The summed E-state index contributed by atoms with van der Waals surface area (Å²) in [6.45, 7) is 2.01. The molecule has 0 saturated heterocycles. The summed E-state index contributed by atoms with van der Waals surface area (Å²) in [6.07, 6.45) is 1.65. The second-order valence-corrected chi connectivity index (χ2v) is 4.17. The van der Waals surface area contributed by atoms with Crippen LogP contribution in [0, 0.1) is 5.82 Å². The van der Waals surface area contributed by atoms with Gasteiger partial charge in [-0.15, -0.1) is 0 Å². The Kier molecular flexibility index (Phi) is 4.11. The Morgan fingerprint density at radius 1 is 1.47 bits per heavy atom. The van der Waals surface area contributed by atoms with E-state index in [1.807, 2.05) is 6.92 Å². The number of ether oxygens (including phenoxy) is 1. The van der Waals surface area contributed by atoms with Gasteiger partial charge >= 0.3 is 0 Å². The minimum Gasteiger partial charge on any atom is -0.496 e. The quantitative estimate of drug-likeness (QED) is 0.899. The first-order valence-electron chi connectivity index (χ1n) is 6.09. The minimum absolute atomic E-state index is 0.0801. The van der Waals surface area contributed by atoms with E-state index in [1.54, 1.807) is 12.1 Å². The van der Waals surface area contributed by atoms with E-state index in [0.717, 1.165) is 12.8 Å². The fourth-order valence-corrected chi connectivity index (χ4v) is 1.81. The maximum Gasteiger partial charge on any atom is 0.264 e. The molecule has 0 amide bonds. The summed E-state index contributed by atoms with van der Waals surface area (Å²) in [5.41, 5.74) is 6.06. The first kappa shape index (κ1) is 13.5. The van der Waals surface area contributed by atoms with Crippen molar-refractivity contribution in [1.82, 2.24) is 10.1 Å². The molecule has 6 heteroatoms. The van der Waals surface area contributed by atoms with Gasteiger partial charge in [0.15, 0.2) is 5.82 Å². The maximum atomic E-state index is 13.8. The average molecular weight is 265 g/mol. The first-order valence-corrected chi connectivity index (χ1v) is 6.09. The van der Waals surface area contributed by atoms with Gasteiger partial charge in [0.1, 0.15) is 17.1 Å². The van der Waals surface area contributed by atoms with Gasteiger partial charge in [0.25, 0.3) is 5.89 Å². The number of aromatic nitrogens is 2. The molecule has 2 N–H and O–H groups in total. The van der Waals surface area contributed by atoms with E-state index in [0.29, 0.717) is 11.6 Å². The van der Waals surface area contributed by atoms with Crippen LogP contribution in [0.25, 0.3) is 11.5 Å². The van der Waals surface area contributed by atoms with Crippen LogP contribution >= 0.6 is 0 Å². The summed E-state index contributed by atoms with van der Waals surface area (Å²) < 4.78 is 24.0.